The molecule has 2 aromatic rings. The Morgan fingerprint density at radius 1 is 1.21 bits per heavy atom. The molecule has 2 N–H and O–H groups in total. The summed E-state index contributed by atoms with van der Waals surface area (Å²) in [6.07, 6.45) is 4.10. The zero-order valence-corrected chi connectivity index (χ0v) is 18.1. The molecule has 29 heavy (non-hydrogen) atoms. The summed E-state index contributed by atoms with van der Waals surface area (Å²) in [6, 6.07) is 15.9. The largest absolute Gasteiger partial charge is 0.363 e. The van der Waals surface area contributed by atoms with Gasteiger partial charge in [-0.3, -0.25) is 9.89 Å². The van der Waals surface area contributed by atoms with Crippen molar-refractivity contribution in [1.82, 2.24) is 20.5 Å². The summed E-state index contributed by atoms with van der Waals surface area (Å²) in [5, 5.41) is 7.06. The SMILES string of the molecule is CN=C(NCc1ccnc(N(C)C)c1)NC1CCN(Cc2ccccc2)C(C)C1. The molecule has 0 amide bonds. The fraction of sp³-hybridized carbons (Fsp3) is 0.478. The van der Waals surface area contributed by atoms with Crippen molar-refractivity contribution in [2.45, 2.75) is 44.9 Å². The van der Waals surface area contributed by atoms with Crippen LogP contribution in [0, 0.1) is 0 Å². The van der Waals surface area contributed by atoms with Gasteiger partial charge in [-0.05, 0) is 43.0 Å². The molecule has 1 aromatic carbocycles. The number of likely N-dealkylation sites (tertiary alicyclic amines) is 1. The van der Waals surface area contributed by atoms with Crippen molar-refractivity contribution in [3.8, 4) is 0 Å². The monoisotopic (exact) mass is 394 g/mol. The van der Waals surface area contributed by atoms with Gasteiger partial charge >= 0.3 is 0 Å². The van der Waals surface area contributed by atoms with Crippen molar-refractivity contribution >= 4 is 11.8 Å². The Morgan fingerprint density at radius 2 is 2.00 bits per heavy atom. The highest BCUT2D eigenvalue weighted by molar-refractivity contribution is 5.80. The standard InChI is InChI=1S/C23H34N6/c1-18-14-21(11-13-29(18)17-19-8-6-5-7-9-19)27-23(24-2)26-16-20-10-12-25-22(15-20)28(3)4/h5-10,12,15,18,21H,11,13-14,16-17H2,1-4H3,(H2,24,26,27). The molecule has 0 radical (unpaired) electrons. The van der Waals surface area contributed by atoms with Crippen LogP contribution in [0.15, 0.2) is 53.7 Å². The van der Waals surface area contributed by atoms with E-state index in [4.69, 9.17) is 0 Å². The number of hydrogen-bond acceptors (Lipinski definition) is 4. The van der Waals surface area contributed by atoms with Crippen molar-refractivity contribution in [3.63, 3.8) is 0 Å². The topological polar surface area (TPSA) is 55.8 Å². The summed E-state index contributed by atoms with van der Waals surface area (Å²) in [5.41, 5.74) is 2.58. The normalized spacial score (nSPS) is 20.3. The van der Waals surface area contributed by atoms with Crippen LogP contribution in [0.4, 0.5) is 5.82 Å². The van der Waals surface area contributed by atoms with Crippen LogP contribution in [-0.2, 0) is 13.1 Å². The van der Waals surface area contributed by atoms with Crippen LogP contribution in [0.3, 0.4) is 0 Å². The van der Waals surface area contributed by atoms with Gasteiger partial charge in [-0.2, -0.15) is 0 Å². The van der Waals surface area contributed by atoms with E-state index >= 15 is 0 Å². The van der Waals surface area contributed by atoms with Gasteiger partial charge in [0.2, 0.25) is 0 Å². The van der Waals surface area contributed by atoms with Crippen LogP contribution in [0.25, 0.3) is 0 Å². The van der Waals surface area contributed by atoms with E-state index in [0.717, 1.165) is 44.3 Å². The number of rotatable bonds is 6. The lowest BCUT2D eigenvalue weighted by molar-refractivity contribution is 0.134. The van der Waals surface area contributed by atoms with Crippen LogP contribution in [0.5, 0.6) is 0 Å². The van der Waals surface area contributed by atoms with E-state index in [-0.39, 0.29) is 0 Å². The van der Waals surface area contributed by atoms with E-state index in [9.17, 15) is 0 Å². The lowest BCUT2D eigenvalue weighted by Crippen LogP contribution is -2.51. The van der Waals surface area contributed by atoms with E-state index in [1.165, 1.54) is 11.1 Å². The summed E-state index contributed by atoms with van der Waals surface area (Å²) in [5.74, 6) is 1.83. The summed E-state index contributed by atoms with van der Waals surface area (Å²) >= 11 is 0. The second kappa shape index (κ2) is 10.3. The van der Waals surface area contributed by atoms with E-state index in [1.54, 1.807) is 0 Å². The Labute approximate surface area is 175 Å². The number of aliphatic imine (C=N–C) groups is 1. The molecule has 2 unspecified atom stereocenters. The zero-order valence-electron chi connectivity index (χ0n) is 18.1. The molecule has 0 aliphatic carbocycles. The first-order chi connectivity index (χ1) is 14.0. The number of anilines is 1. The summed E-state index contributed by atoms with van der Waals surface area (Å²) in [7, 11) is 5.85. The highest BCUT2D eigenvalue weighted by Gasteiger charge is 2.25. The van der Waals surface area contributed by atoms with Crippen molar-refractivity contribution in [2.75, 3.05) is 32.6 Å². The van der Waals surface area contributed by atoms with Gasteiger partial charge in [0.05, 0.1) is 0 Å². The van der Waals surface area contributed by atoms with E-state index < -0.39 is 0 Å². The third kappa shape index (κ3) is 6.19. The maximum Gasteiger partial charge on any atom is 0.191 e. The fourth-order valence-corrected chi connectivity index (χ4v) is 3.79. The van der Waals surface area contributed by atoms with Gasteiger partial charge in [0.25, 0.3) is 0 Å². The Bertz CT molecular complexity index is 789. The molecule has 2 heterocycles. The molecule has 6 heteroatoms. The average molecular weight is 395 g/mol. The molecule has 3 rings (SSSR count). The molecule has 1 aliphatic rings. The first-order valence-corrected chi connectivity index (χ1v) is 10.4. The maximum atomic E-state index is 4.42. The minimum absolute atomic E-state index is 0.443. The van der Waals surface area contributed by atoms with Gasteiger partial charge in [0, 0.05) is 59.1 Å². The Hall–Kier alpha value is -2.60. The predicted octanol–water partition coefficient (Wildman–Crippen LogP) is 2.87. The molecule has 1 fully saturated rings. The molecule has 0 saturated carbocycles. The van der Waals surface area contributed by atoms with Gasteiger partial charge in [-0.15, -0.1) is 0 Å². The van der Waals surface area contributed by atoms with E-state index in [0.29, 0.717) is 12.1 Å². The van der Waals surface area contributed by atoms with Gasteiger partial charge in [0.1, 0.15) is 5.82 Å². The van der Waals surface area contributed by atoms with Crippen LogP contribution in [0.1, 0.15) is 30.9 Å². The number of guanidine groups is 1. The van der Waals surface area contributed by atoms with Crippen molar-refractivity contribution in [2.24, 2.45) is 4.99 Å². The van der Waals surface area contributed by atoms with Crippen LogP contribution < -0.4 is 15.5 Å². The summed E-state index contributed by atoms with van der Waals surface area (Å²) in [6.45, 7) is 5.18. The number of hydrogen-bond donors (Lipinski definition) is 2. The van der Waals surface area contributed by atoms with E-state index in [2.05, 4.69) is 68.8 Å². The first kappa shape index (κ1) is 21.1. The van der Waals surface area contributed by atoms with Gasteiger partial charge in [0.15, 0.2) is 5.96 Å². The third-order valence-corrected chi connectivity index (χ3v) is 5.53. The Morgan fingerprint density at radius 3 is 2.69 bits per heavy atom. The number of nitrogens with one attached hydrogen (secondary N) is 2. The molecule has 0 spiro atoms. The number of benzene rings is 1. The lowest BCUT2D eigenvalue weighted by Gasteiger charge is -2.38. The minimum atomic E-state index is 0.443. The van der Waals surface area contributed by atoms with Crippen LogP contribution in [0.2, 0.25) is 0 Å². The van der Waals surface area contributed by atoms with Gasteiger partial charge < -0.3 is 15.5 Å². The number of nitrogens with zero attached hydrogens (tertiary/aromatic N) is 4. The molecule has 0 bridgehead atoms. The number of piperidine rings is 1. The zero-order chi connectivity index (χ0) is 20.6. The molecule has 156 valence electrons. The van der Waals surface area contributed by atoms with Crippen LogP contribution >= 0.6 is 0 Å². The Kier molecular flexibility index (Phi) is 7.47. The van der Waals surface area contributed by atoms with Crippen molar-refractivity contribution in [3.05, 3.63) is 59.8 Å². The van der Waals surface area contributed by atoms with Crippen LogP contribution in [-0.4, -0.2) is 55.6 Å². The first-order valence-electron chi connectivity index (χ1n) is 10.4. The average Bonchev–Trinajstić information content (AvgIpc) is 2.74. The second-order valence-corrected chi connectivity index (χ2v) is 8.01. The van der Waals surface area contributed by atoms with E-state index in [1.807, 2.05) is 38.3 Å². The lowest BCUT2D eigenvalue weighted by atomic mass is 9.97. The molecule has 1 aliphatic heterocycles. The third-order valence-electron chi connectivity index (χ3n) is 5.53. The van der Waals surface area contributed by atoms with Crippen molar-refractivity contribution in [1.29, 1.82) is 0 Å². The number of pyridine rings is 1. The molecular formula is C23H34N6. The molecule has 1 aromatic heterocycles. The highest BCUT2D eigenvalue weighted by Crippen LogP contribution is 2.20. The summed E-state index contributed by atoms with van der Waals surface area (Å²) < 4.78 is 0. The molecule has 1 saturated heterocycles. The van der Waals surface area contributed by atoms with Crippen molar-refractivity contribution < 1.29 is 0 Å². The Balaban J connectivity index is 1.48. The highest BCUT2D eigenvalue weighted by atomic mass is 15.2. The maximum absolute atomic E-state index is 4.42. The molecule has 2 atom stereocenters. The van der Waals surface area contributed by atoms with Gasteiger partial charge in [-0.1, -0.05) is 30.3 Å². The quantitative estimate of drug-likeness (QED) is 0.583. The molecular weight excluding hydrogens is 360 g/mol. The minimum Gasteiger partial charge on any atom is -0.363 e. The summed E-state index contributed by atoms with van der Waals surface area (Å²) in [4.78, 5) is 13.4. The number of aromatic nitrogens is 1. The smallest absolute Gasteiger partial charge is 0.191 e. The second-order valence-electron chi connectivity index (χ2n) is 8.01. The fourth-order valence-electron chi connectivity index (χ4n) is 3.79. The predicted molar refractivity (Wildman–Crippen MR) is 121 cm³/mol. The molecule has 6 nitrogen and oxygen atoms in total. The van der Waals surface area contributed by atoms with Gasteiger partial charge in [-0.25, -0.2) is 4.98 Å².